The Bertz CT molecular complexity index is 508. The van der Waals surface area contributed by atoms with Crippen LogP contribution in [0.15, 0.2) is 24.4 Å². The Hall–Kier alpha value is -1.48. The van der Waals surface area contributed by atoms with Crippen molar-refractivity contribution in [2.24, 2.45) is 0 Å². The smallest absolute Gasteiger partial charge is 0.135 e. The van der Waals surface area contributed by atoms with Crippen molar-refractivity contribution in [2.75, 3.05) is 24.7 Å². The molecule has 0 aliphatic rings. The Kier molecular flexibility index (Phi) is 2.40. The molecule has 78 valence electrons. The molecular weight excluding hydrogens is 210 g/mol. The zero-order valence-electron chi connectivity index (χ0n) is 8.66. The molecule has 0 aliphatic heterocycles. The summed E-state index contributed by atoms with van der Waals surface area (Å²) in [6, 6.07) is 5.62. The molecular formula is C11H12ClN3. The first-order chi connectivity index (χ1) is 7.11. The summed E-state index contributed by atoms with van der Waals surface area (Å²) >= 11 is 5.96. The van der Waals surface area contributed by atoms with E-state index < -0.39 is 0 Å². The zero-order chi connectivity index (χ0) is 11.0. The minimum absolute atomic E-state index is 0.582. The lowest BCUT2D eigenvalue weighted by atomic mass is 10.1. The van der Waals surface area contributed by atoms with Crippen molar-refractivity contribution in [3.8, 4) is 0 Å². The summed E-state index contributed by atoms with van der Waals surface area (Å²) in [6.07, 6.45) is 1.74. The number of halogens is 1. The third-order valence-corrected chi connectivity index (χ3v) is 2.67. The second-order valence-electron chi connectivity index (χ2n) is 3.59. The van der Waals surface area contributed by atoms with E-state index in [0.29, 0.717) is 10.7 Å². The highest BCUT2D eigenvalue weighted by Crippen LogP contribution is 2.31. The van der Waals surface area contributed by atoms with Crippen LogP contribution in [0.1, 0.15) is 0 Å². The van der Waals surface area contributed by atoms with Crippen LogP contribution in [0.3, 0.4) is 0 Å². The number of anilines is 2. The Morgan fingerprint density at radius 1 is 1.20 bits per heavy atom. The van der Waals surface area contributed by atoms with Gasteiger partial charge in [0, 0.05) is 31.1 Å². The minimum atomic E-state index is 0.582. The number of aromatic nitrogens is 1. The molecule has 2 N–H and O–H groups in total. The lowest BCUT2D eigenvalue weighted by molar-refractivity contribution is 1.08. The fourth-order valence-electron chi connectivity index (χ4n) is 1.59. The second kappa shape index (κ2) is 3.59. The summed E-state index contributed by atoms with van der Waals surface area (Å²) in [5, 5.41) is 2.55. The quantitative estimate of drug-likeness (QED) is 0.753. The third-order valence-electron chi connectivity index (χ3n) is 2.34. The molecule has 4 heteroatoms. The predicted octanol–water partition coefficient (Wildman–Crippen LogP) is 2.54. The van der Waals surface area contributed by atoms with Crippen LogP contribution in [0.4, 0.5) is 11.5 Å². The standard InChI is InChI=1S/C11H12ClN3/c1-15(2)11-8-3-4-9(12)10(13)7(8)5-6-14-11/h3-6H,13H2,1-2H3. The number of rotatable bonds is 1. The molecule has 0 bridgehead atoms. The van der Waals surface area contributed by atoms with E-state index in [1.54, 1.807) is 12.3 Å². The maximum absolute atomic E-state index is 5.96. The van der Waals surface area contributed by atoms with Crippen LogP contribution in [0, 0.1) is 0 Å². The molecule has 0 radical (unpaired) electrons. The molecule has 0 aliphatic carbocycles. The van der Waals surface area contributed by atoms with Gasteiger partial charge in [0.15, 0.2) is 0 Å². The van der Waals surface area contributed by atoms with Crippen molar-refractivity contribution in [1.82, 2.24) is 4.98 Å². The first-order valence-electron chi connectivity index (χ1n) is 4.61. The fourth-order valence-corrected chi connectivity index (χ4v) is 1.76. The normalized spacial score (nSPS) is 10.6. The molecule has 1 aromatic heterocycles. The highest BCUT2D eigenvalue weighted by Gasteiger charge is 2.08. The van der Waals surface area contributed by atoms with E-state index >= 15 is 0 Å². The summed E-state index contributed by atoms with van der Waals surface area (Å²) in [5.74, 6) is 0.899. The summed E-state index contributed by atoms with van der Waals surface area (Å²) in [7, 11) is 3.90. The first-order valence-corrected chi connectivity index (χ1v) is 4.99. The number of hydrogen-bond acceptors (Lipinski definition) is 3. The molecule has 2 aromatic rings. The van der Waals surface area contributed by atoms with Crippen LogP contribution < -0.4 is 10.6 Å². The van der Waals surface area contributed by atoms with Crippen LogP contribution in [-0.4, -0.2) is 19.1 Å². The van der Waals surface area contributed by atoms with Gasteiger partial charge in [0.2, 0.25) is 0 Å². The van der Waals surface area contributed by atoms with Crippen molar-refractivity contribution in [3.05, 3.63) is 29.4 Å². The highest BCUT2D eigenvalue weighted by atomic mass is 35.5. The lowest BCUT2D eigenvalue weighted by Gasteiger charge is -2.14. The fraction of sp³-hybridized carbons (Fsp3) is 0.182. The lowest BCUT2D eigenvalue weighted by Crippen LogP contribution is -2.11. The monoisotopic (exact) mass is 221 g/mol. The number of fused-ring (bicyclic) bond motifs is 1. The Labute approximate surface area is 93.5 Å². The molecule has 1 aromatic carbocycles. The molecule has 2 rings (SSSR count). The van der Waals surface area contributed by atoms with Gasteiger partial charge in [-0.2, -0.15) is 0 Å². The molecule has 0 fully saturated rings. The highest BCUT2D eigenvalue weighted by molar-refractivity contribution is 6.34. The molecule has 0 spiro atoms. The van der Waals surface area contributed by atoms with E-state index in [-0.39, 0.29) is 0 Å². The van der Waals surface area contributed by atoms with Crippen LogP contribution in [-0.2, 0) is 0 Å². The SMILES string of the molecule is CN(C)c1nccc2c(N)c(Cl)ccc12. The molecule has 0 amide bonds. The topological polar surface area (TPSA) is 42.2 Å². The van der Waals surface area contributed by atoms with E-state index in [4.69, 9.17) is 17.3 Å². The average molecular weight is 222 g/mol. The Morgan fingerprint density at radius 3 is 2.60 bits per heavy atom. The van der Waals surface area contributed by atoms with Gasteiger partial charge in [0.25, 0.3) is 0 Å². The maximum Gasteiger partial charge on any atom is 0.135 e. The van der Waals surface area contributed by atoms with Crippen molar-refractivity contribution >= 4 is 33.9 Å². The summed E-state index contributed by atoms with van der Waals surface area (Å²) in [5.41, 5.74) is 6.52. The van der Waals surface area contributed by atoms with Gasteiger partial charge in [-0.1, -0.05) is 11.6 Å². The van der Waals surface area contributed by atoms with Gasteiger partial charge in [-0.05, 0) is 18.2 Å². The van der Waals surface area contributed by atoms with Gasteiger partial charge in [-0.25, -0.2) is 4.98 Å². The van der Waals surface area contributed by atoms with E-state index in [0.717, 1.165) is 16.6 Å². The molecule has 0 saturated heterocycles. The van der Waals surface area contributed by atoms with Crippen molar-refractivity contribution in [2.45, 2.75) is 0 Å². The largest absolute Gasteiger partial charge is 0.397 e. The second-order valence-corrected chi connectivity index (χ2v) is 3.99. The van der Waals surface area contributed by atoms with Crippen LogP contribution in [0.25, 0.3) is 10.8 Å². The summed E-state index contributed by atoms with van der Waals surface area (Å²) in [4.78, 5) is 6.26. The Morgan fingerprint density at radius 2 is 1.93 bits per heavy atom. The van der Waals surface area contributed by atoms with E-state index in [1.165, 1.54) is 0 Å². The van der Waals surface area contributed by atoms with Gasteiger partial charge in [0.1, 0.15) is 5.82 Å². The number of nitrogen functional groups attached to an aromatic ring is 1. The van der Waals surface area contributed by atoms with E-state index in [9.17, 15) is 0 Å². The summed E-state index contributed by atoms with van der Waals surface area (Å²) < 4.78 is 0. The number of hydrogen-bond donors (Lipinski definition) is 1. The Balaban J connectivity index is 2.83. The maximum atomic E-state index is 5.96. The minimum Gasteiger partial charge on any atom is -0.397 e. The molecule has 3 nitrogen and oxygen atoms in total. The van der Waals surface area contributed by atoms with Crippen molar-refractivity contribution < 1.29 is 0 Å². The van der Waals surface area contributed by atoms with Gasteiger partial charge in [-0.15, -0.1) is 0 Å². The molecule has 0 saturated carbocycles. The number of nitrogens with zero attached hydrogens (tertiary/aromatic N) is 2. The van der Waals surface area contributed by atoms with Gasteiger partial charge >= 0.3 is 0 Å². The van der Waals surface area contributed by atoms with E-state index in [1.807, 2.05) is 31.1 Å². The molecule has 0 atom stereocenters. The van der Waals surface area contributed by atoms with Gasteiger partial charge < -0.3 is 10.6 Å². The van der Waals surface area contributed by atoms with Gasteiger partial charge in [-0.3, -0.25) is 0 Å². The number of pyridine rings is 1. The number of benzene rings is 1. The first kappa shape index (κ1) is 10.1. The van der Waals surface area contributed by atoms with Crippen LogP contribution >= 0.6 is 11.6 Å². The molecule has 0 unspecified atom stereocenters. The van der Waals surface area contributed by atoms with Crippen molar-refractivity contribution in [1.29, 1.82) is 0 Å². The zero-order valence-corrected chi connectivity index (χ0v) is 9.42. The predicted molar refractivity (Wildman–Crippen MR) is 65.5 cm³/mol. The van der Waals surface area contributed by atoms with Gasteiger partial charge in [0.05, 0.1) is 10.7 Å². The summed E-state index contributed by atoms with van der Waals surface area (Å²) in [6.45, 7) is 0. The van der Waals surface area contributed by atoms with E-state index in [2.05, 4.69) is 4.98 Å². The number of nitrogens with two attached hydrogens (primary N) is 1. The average Bonchev–Trinajstić information content (AvgIpc) is 2.23. The van der Waals surface area contributed by atoms with Crippen LogP contribution in [0.5, 0.6) is 0 Å². The third kappa shape index (κ3) is 1.59. The van der Waals surface area contributed by atoms with Crippen LogP contribution in [0.2, 0.25) is 5.02 Å². The molecule has 1 heterocycles. The van der Waals surface area contributed by atoms with Crippen molar-refractivity contribution in [3.63, 3.8) is 0 Å². The molecule has 15 heavy (non-hydrogen) atoms.